The summed E-state index contributed by atoms with van der Waals surface area (Å²) in [7, 11) is 0. The molecule has 1 unspecified atom stereocenters. The van der Waals surface area contributed by atoms with Crippen molar-refractivity contribution >= 4 is 19.6 Å². The third kappa shape index (κ3) is 2.95. The molecule has 0 radical (unpaired) electrons. The maximum atomic E-state index is 2.37. The molecule has 0 heterocycles. The average molecular weight is 424 g/mol. The molecule has 1 heteroatoms. The van der Waals surface area contributed by atoms with Gasteiger partial charge in [0.2, 0.25) is 0 Å². The van der Waals surface area contributed by atoms with E-state index >= 15 is 0 Å². The third-order valence-corrected chi connectivity index (χ3v) is 9.69. The van der Waals surface area contributed by atoms with Gasteiger partial charge < -0.3 is 0 Å². The Kier molecular flexibility index (Phi) is 4.42. The molecule has 128 valence electrons. The molecule has 4 aromatic rings. The fraction of sp³-hybridized carbons (Fsp3) is 0.0769. The van der Waals surface area contributed by atoms with Gasteiger partial charge >= 0.3 is 173 Å². The Bertz CT molecular complexity index is 1150. The number of benzene rings is 4. The molecule has 0 fully saturated rings. The van der Waals surface area contributed by atoms with Crippen LogP contribution in [0, 0.1) is 0 Å². The number of allylic oxidation sites excluding steroid dienone is 1. The van der Waals surface area contributed by atoms with Gasteiger partial charge in [0, 0.05) is 0 Å². The first-order valence-electron chi connectivity index (χ1n) is 9.43. The van der Waals surface area contributed by atoms with Crippen molar-refractivity contribution in [3.63, 3.8) is 0 Å². The molecular formula is C26H20Zr. The van der Waals surface area contributed by atoms with Crippen LogP contribution in [0.3, 0.4) is 0 Å². The zero-order chi connectivity index (χ0) is 18.2. The normalized spacial score (nSPS) is 15.8. The maximum absolute atomic E-state index is 2.37. The molecule has 0 aliphatic heterocycles. The van der Waals surface area contributed by atoms with Crippen LogP contribution in [0.1, 0.15) is 27.2 Å². The van der Waals surface area contributed by atoms with Crippen molar-refractivity contribution in [1.29, 1.82) is 0 Å². The van der Waals surface area contributed by atoms with Gasteiger partial charge in [0.15, 0.2) is 0 Å². The van der Waals surface area contributed by atoms with Crippen LogP contribution in [0.25, 0.3) is 16.3 Å². The quantitative estimate of drug-likeness (QED) is 0.372. The van der Waals surface area contributed by atoms with Gasteiger partial charge in [-0.25, -0.2) is 0 Å². The molecule has 27 heavy (non-hydrogen) atoms. The van der Waals surface area contributed by atoms with Crippen LogP contribution in [-0.2, 0) is 23.2 Å². The van der Waals surface area contributed by atoms with E-state index in [1.807, 2.05) is 0 Å². The van der Waals surface area contributed by atoms with Crippen LogP contribution in [0.5, 0.6) is 0 Å². The van der Waals surface area contributed by atoms with Crippen molar-refractivity contribution in [2.24, 2.45) is 0 Å². The molecule has 0 spiro atoms. The van der Waals surface area contributed by atoms with Crippen LogP contribution < -0.4 is 3.27 Å². The predicted molar refractivity (Wildman–Crippen MR) is 111 cm³/mol. The molecule has 1 aliphatic carbocycles. The second-order valence-electron chi connectivity index (χ2n) is 7.12. The predicted octanol–water partition coefficient (Wildman–Crippen LogP) is 6.12. The summed E-state index contributed by atoms with van der Waals surface area (Å²) in [5.41, 5.74) is 7.38. The molecule has 0 saturated carbocycles. The second-order valence-corrected chi connectivity index (χ2v) is 10.7. The molecule has 0 amide bonds. The molecule has 0 aromatic heterocycles. The number of hydrogen-bond acceptors (Lipinski definition) is 0. The van der Waals surface area contributed by atoms with E-state index in [1.54, 1.807) is 8.84 Å². The van der Waals surface area contributed by atoms with Crippen molar-refractivity contribution in [2.75, 3.05) is 0 Å². The monoisotopic (exact) mass is 422 g/mol. The molecule has 0 bridgehead atoms. The topological polar surface area (TPSA) is 0 Å². The van der Waals surface area contributed by atoms with E-state index in [9.17, 15) is 0 Å². The number of hydrogen-bond donors (Lipinski definition) is 0. The molecular weight excluding hydrogens is 404 g/mol. The van der Waals surface area contributed by atoms with E-state index in [2.05, 4.69) is 104 Å². The van der Waals surface area contributed by atoms with E-state index in [0.29, 0.717) is 3.63 Å². The Balaban J connectivity index is 1.71. The average Bonchev–Trinajstić information content (AvgIpc) is 3.00. The van der Waals surface area contributed by atoms with Gasteiger partial charge in [0.05, 0.1) is 0 Å². The summed E-state index contributed by atoms with van der Waals surface area (Å²) >= 11 is -0.771. The number of fused-ring (bicyclic) bond motifs is 2. The molecule has 0 N–H and O–H groups in total. The van der Waals surface area contributed by atoms with Crippen LogP contribution in [0.2, 0.25) is 0 Å². The summed E-state index contributed by atoms with van der Waals surface area (Å²) in [6.45, 7) is 2.37. The third-order valence-electron chi connectivity index (χ3n) is 5.51. The fourth-order valence-electron chi connectivity index (χ4n) is 4.25. The zero-order valence-electron chi connectivity index (χ0n) is 15.3. The van der Waals surface area contributed by atoms with E-state index in [1.165, 1.54) is 33.0 Å². The van der Waals surface area contributed by atoms with E-state index in [0.717, 1.165) is 0 Å². The van der Waals surface area contributed by atoms with E-state index in [4.69, 9.17) is 0 Å². The first-order valence-corrected chi connectivity index (χ1v) is 12.1. The fourth-order valence-corrected chi connectivity index (χ4v) is 7.91. The van der Waals surface area contributed by atoms with Gasteiger partial charge in [-0.05, 0) is 0 Å². The summed E-state index contributed by atoms with van der Waals surface area (Å²) in [5.74, 6) is 0. The first kappa shape index (κ1) is 16.9. The van der Waals surface area contributed by atoms with Crippen LogP contribution in [0.4, 0.5) is 0 Å². The van der Waals surface area contributed by atoms with Gasteiger partial charge in [-0.1, -0.05) is 0 Å². The van der Waals surface area contributed by atoms with Crippen LogP contribution >= 0.6 is 0 Å². The SMILES string of the molecule is CC1=C(c2cccc3ccccc23)c2ccccc2[CH]1[Zr][c]1ccccc1. The Labute approximate surface area is 172 Å². The van der Waals surface area contributed by atoms with Crippen LogP contribution in [-0.4, -0.2) is 0 Å². The molecule has 4 aromatic carbocycles. The Hall–Kier alpha value is -2.24. The minimum absolute atomic E-state index is 0.612. The van der Waals surface area contributed by atoms with Crippen molar-refractivity contribution < 1.29 is 23.2 Å². The van der Waals surface area contributed by atoms with Gasteiger partial charge in [-0.15, -0.1) is 0 Å². The molecule has 1 aliphatic rings. The molecule has 5 rings (SSSR count). The molecule has 0 saturated heterocycles. The minimum atomic E-state index is -0.771. The summed E-state index contributed by atoms with van der Waals surface area (Å²) in [4.78, 5) is 0. The van der Waals surface area contributed by atoms with Gasteiger partial charge in [0.25, 0.3) is 0 Å². The van der Waals surface area contributed by atoms with Gasteiger partial charge in [-0.3, -0.25) is 0 Å². The molecule has 1 atom stereocenters. The van der Waals surface area contributed by atoms with Crippen LogP contribution in [0.15, 0.2) is 103 Å². The molecule has 0 nitrogen and oxygen atoms in total. The van der Waals surface area contributed by atoms with E-state index < -0.39 is 23.2 Å². The Morgan fingerprint density at radius 3 is 2.19 bits per heavy atom. The Morgan fingerprint density at radius 1 is 0.630 bits per heavy atom. The number of rotatable bonds is 3. The first-order chi connectivity index (χ1) is 13.3. The standard InChI is InChI=1S/C20H15.C6H5.Zr/c1-14-13-16-8-3-5-11-18(16)20(14)19-12-6-9-15-7-2-4-10-17(15)19;1-2-4-6-5-3-1;/h2-13H,1H3;1-5H;. The summed E-state index contributed by atoms with van der Waals surface area (Å²) < 4.78 is 2.18. The second kappa shape index (κ2) is 7.06. The summed E-state index contributed by atoms with van der Waals surface area (Å²) in [5, 5.41) is 2.68. The van der Waals surface area contributed by atoms with Crippen molar-refractivity contribution in [3.8, 4) is 0 Å². The van der Waals surface area contributed by atoms with Crippen molar-refractivity contribution in [2.45, 2.75) is 10.5 Å². The van der Waals surface area contributed by atoms with Gasteiger partial charge in [0.1, 0.15) is 0 Å². The van der Waals surface area contributed by atoms with Crippen molar-refractivity contribution in [1.82, 2.24) is 0 Å². The van der Waals surface area contributed by atoms with Gasteiger partial charge in [-0.2, -0.15) is 0 Å². The Morgan fingerprint density at radius 2 is 1.30 bits per heavy atom. The summed E-state index contributed by atoms with van der Waals surface area (Å²) in [6, 6.07) is 35.7. The van der Waals surface area contributed by atoms with Crippen molar-refractivity contribution in [3.05, 3.63) is 119 Å². The van der Waals surface area contributed by atoms with E-state index in [-0.39, 0.29) is 0 Å². The zero-order valence-corrected chi connectivity index (χ0v) is 17.8. The summed E-state index contributed by atoms with van der Waals surface area (Å²) in [6.07, 6.45) is 0.